The van der Waals surface area contributed by atoms with E-state index in [1.54, 1.807) is 6.20 Å². The highest BCUT2D eigenvalue weighted by Crippen LogP contribution is 2.33. The average Bonchev–Trinajstić information content (AvgIpc) is 3.13. The number of hydrogen-bond acceptors (Lipinski definition) is 3. The van der Waals surface area contributed by atoms with E-state index in [0.29, 0.717) is 6.10 Å². The first-order valence-electron chi connectivity index (χ1n) is 5.88. The van der Waals surface area contributed by atoms with Crippen molar-refractivity contribution < 1.29 is 4.74 Å². The van der Waals surface area contributed by atoms with E-state index in [-0.39, 0.29) is 0 Å². The van der Waals surface area contributed by atoms with Crippen molar-refractivity contribution in [2.45, 2.75) is 32.3 Å². The lowest BCUT2D eigenvalue weighted by Crippen LogP contribution is -2.00. The van der Waals surface area contributed by atoms with Crippen LogP contribution in [0.3, 0.4) is 0 Å². The molecule has 1 saturated carbocycles. The first-order valence-corrected chi connectivity index (χ1v) is 6.67. The van der Waals surface area contributed by atoms with Crippen LogP contribution in [0.2, 0.25) is 0 Å². The molecule has 1 aliphatic rings. The van der Waals surface area contributed by atoms with Gasteiger partial charge in [-0.3, -0.25) is 0 Å². The maximum atomic E-state index is 5.91. The Morgan fingerprint density at radius 1 is 1.41 bits per heavy atom. The second-order valence-corrected chi connectivity index (χ2v) is 5.19. The van der Waals surface area contributed by atoms with Gasteiger partial charge in [-0.2, -0.15) is 10.2 Å². The molecule has 0 spiro atoms. The third kappa shape index (κ3) is 2.14. The highest BCUT2D eigenvalue weighted by atomic mass is 79.9. The van der Waals surface area contributed by atoms with Crippen LogP contribution in [0.15, 0.2) is 22.8 Å². The van der Waals surface area contributed by atoms with Crippen molar-refractivity contribution >= 4 is 26.8 Å². The largest absolute Gasteiger partial charge is 0.490 e. The number of rotatable bonds is 3. The van der Waals surface area contributed by atoms with Gasteiger partial charge in [-0.05, 0) is 46.8 Å². The normalized spacial score (nSPS) is 15.2. The molecule has 0 bridgehead atoms. The molecule has 1 fully saturated rings. The molecule has 1 aromatic carbocycles. The van der Waals surface area contributed by atoms with E-state index < -0.39 is 0 Å². The minimum Gasteiger partial charge on any atom is -0.490 e. The first-order chi connectivity index (χ1) is 8.28. The van der Waals surface area contributed by atoms with E-state index in [9.17, 15) is 0 Å². The summed E-state index contributed by atoms with van der Waals surface area (Å²) in [6, 6.07) is 4.15. The Balaban J connectivity index is 2.13. The van der Waals surface area contributed by atoms with Crippen LogP contribution in [-0.2, 0) is 6.42 Å². The number of fused-ring (bicyclic) bond motifs is 1. The van der Waals surface area contributed by atoms with Crippen molar-refractivity contribution in [1.82, 2.24) is 10.2 Å². The lowest BCUT2D eigenvalue weighted by atomic mass is 10.1. The van der Waals surface area contributed by atoms with Gasteiger partial charge in [0, 0.05) is 15.9 Å². The molecule has 1 heterocycles. The van der Waals surface area contributed by atoms with E-state index in [1.807, 2.05) is 6.07 Å². The first kappa shape index (κ1) is 11.0. The van der Waals surface area contributed by atoms with Crippen LogP contribution in [0.25, 0.3) is 10.9 Å². The van der Waals surface area contributed by atoms with Gasteiger partial charge in [0.1, 0.15) is 5.75 Å². The van der Waals surface area contributed by atoms with Gasteiger partial charge < -0.3 is 4.74 Å². The molecular formula is C13H13BrN2O. The molecule has 0 radical (unpaired) electrons. The van der Waals surface area contributed by atoms with E-state index >= 15 is 0 Å². The van der Waals surface area contributed by atoms with Crippen LogP contribution >= 0.6 is 15.9 Å². The van der Waals surface area contributed by atoms with Crippen molar-refractivity contribution in [2.24, 2.45) is 0 Å². The summed E-state index contributed by atoms with van der Waals surface area (Å²) >= 11 is 3.50. The molecule has 0 unspecified atom stereocenters. The quantitative estimate of drug-likeness (QED) is 0.868. The molecule has 0 atom stereocenters. The lowest BCUT2D eigenvalue weighted by Gasteiger charge is -2.11. The van der Waals surface area contributed by atoms with Crippen molar-refractivity contribution in [3.05, 3.63) is 28.4 Å². The summed E-state index contributed by atoms with van der Waals surface area (Å²) in [5.74, 6) is 0.968. The third-order valence-electron chi connectivity index (χ3n) is 2.97. The van der Waals surface area contributed by atoms with Crippen molar-refractivity contribution in [2.75, 3.05) is 0 Å². The van der Waals surface area contributed by atoms with E-state index in [0.717, 1.165) is 27.5 Å². The van der Waals surface area contributed by atoms with Crippen molar-refractivity contribution in [1.29, 1.82) is 0 Å². The molecule has 3 nitrogen and oxygen atoms in total. The number of halogens is 1. The fourth-order valence-corrected chi connectivity index (χ4v) is 2.26. The van der Waals surface area contributed by atoms with Gasteiger partial charge in [-0.25, -0.2) is 0 Å². The summed E-state index contributed by atoms with van der Waals surface area (Å²) in [4.78, 5) is 0. The Labute approximate surface area is 108 Å². The number of aryl methyl sites for hydroxylation is 1. The number of nitrogens with zero attached hydrogens (tertiary/aromatic N) is 2. The summed E-state index contributed by atoms with van der Waals surface area (Å²) in [7, 11) is 0. The van der Waals surface area contributed by atoms with Gasteiger partial charge in [-0.15, -0.1) is 0 Å². The average molecular weight is 293 g/mol. The molecule has 0 saturated heterocycles. The molecule has 1 aromatic heterocycles. The lowest BCUT2D eigenvalue weighted by molar-refractivity contribution is 0.300. The summed E-state index contributed by atoms with van der Waals surface area (Å²) in [6.07, 6.45) is 5.45. The van der Waals surface area contributed by atoms with Gasteiger partial charge in [-0.1, -0.05) is 6.92 Å². The summed E-state index contributed by atoms with van der Waals surface area (Å²) in [5.41, 5.74) is 2.12. The van der Waals surface area contributed by atoms with Crippen LogP contribution in [0.4, 0.5) is 0 Å². The van der Waals surface area contributed by atoms with E-state index in [2.05, 4.69) is 39.1 Å². The molecule has 17 heavy (non-hydrogen) atoms. The van der Waals surface area contributed by atoms with Crippen molar-refractivity contribution in [3.63, 3.8) is 0 Å². The molecule has 0 amide bonds. The summed E-state index contributed by atoms with van der Waals surface area (Å²) < 4.78 is 6.89. The zero-order valence-electron chi connectivity index (χ0n) is 9.61. The highest BCUT2D eigenvalue weighted by molar-refractivity contribution is 9.10. The van der Waals surface area contributed by atoms with Gasteiger partial charge in [0.15, 0.2) is 0 Å². The third-order valence-corrected chi connectivity index (χ3v) is 3.60. The molecule has 2 aromatic rings. The molecule has 0 N–H and O–H groups in total. The van der Waals surface area contributed by atoms with Crippen molar-refractivity contribution in [3.8, 4) is 5.75 Å². The smallest absolute Gasteiger partial charge is 0.125 e. The fourth-order valence-electron chi connectivity index (χ4n) is 1.85. The molecule has 88 valence electrons. The maximum Gasteiger partial charge on any atom is 0.125 e. The predicted molar refractivity (Wildman–Crippen MR) is 70.3 cm³/mol. The minimum atomic E-state index is 0.415. The Hall–Kier alpha value is -1.16. The second kappa shape index (κ2) is 4.26. The zero-order valence-corrected chi connectivity index (χ0v) is 11.2. The van der Waals surface area contributed by atoms with Gasteiger partial charge in [0.25, 0.3) is 0 Å². The molecular weight excluding hydrogens is 280 g/mol. The Kier molecular flexibility index (Phi) is 2.74. The Morgan fingerprint density at radius 3 is 2.94 bits per heavy atom. The second-order valence-electron chi connectivity index (χ2n) is 4.34. The van der Waals surface area contributed by atoms with Crippen LogP contribution < -0.4 is 4.74 Å². The molecule has 3 rings (SSSR count). The van der Waals surface area contributed by atoms with Crippen LogP contribution in [-0.4, -0.2) is 16.3 Å². The molecule has 1 aliphatic carbocycles. The number of aromatic nitrogens is 2. The maximum absolute atomic E-state index is 5.91. The predicted octanol–water partition coefficient (Wildman–Crippen LogP) is 3.50. The van der Waals surface area contributed by atoms with Crippen LogP contribution in [0.5, 0.6) is 5.75 Å². The van der Waals surface area contributed by atoms with Crippen LogP contribution in [0.1, 0.15) is 25.3 Å². The Morgan fingerprint density at radius 2 is 2.24 bits per heavy atom. The zero-order chi connectivity index (χ0) is 11.8. The molecule has 0 aliphatic heterocycles. The monoisotopic (exact) mass is 292 g/mol. The van der Waals surface area contributed by atoms with Gasteiger partial charge in [0.2, 0.25) is 0 Å². The van der Waals surface area contributed by atoms with Gasteiger partial charge in [0.05, 0.1) is 17.8 Å². The topological polar surface area (TPSA) is 35.0 Å². The van der Waals surface area contributed by atoms with Gasteiger partial charge >= 0.3 is 0 Å². The SMILES string of the molecule is CCc1cc2c(Br)cnnc2cc1OC1CC1. The number of ether oxygens (including phenoxy) is 1. The highest BCUT2D eigenvalue weighted by Gasteiger charge is 2.24. The minimum absolute atomic E-state index is 0.415. The standard InChI is InChI=1S/C13H13BrN2O/c1-2-8-5-10-11(14)7-15-16-12(10)6-13(8)17-9-3-4-9/h5-7,9H,2-4H2,1H3. The summed E-state index contributed by atoms with van der Waals surface area (Å²) in [5, 5.41) is 9.19. The number of benzene rings is 1. The molecule has 4 heteroatoms. The Bertz CT molecular complexity index is 567. The fraction of sp³-hybridized carbons (Fsp3) is 0.385. The van der Waals surface area contributed by atoms with E-state index in [4.69, 9.17) is 4.74 Å². The summed E-state index contributed by atoms with van der Waals surface area (Å²) in [6.45, 7) is 2.14. The van der Waals surface area contributed by atoms with Crippen LogP contribution in [0, 0.1) is 0 Å². The number of hydrogen-bond donors (Lipinski definition) is 0. The van der Waals surface area contributed by atoms with E-state index in [1.165, 1.54) is 18.4 Å².